The van der Waals surface area contributed by atoms with Crippen molar-refractivity contribution in [2.24, 2.45) is 5.73 Å². The number of nitrogens with one attached hydrogen (secondary N) is 1. The molecule has 2 amide bonds. The van der Waals surface area contributed by atoms with Crippen LogP contribution in [0.15, 0.2) is 54.7 Å². The van der Waals surface area contributed by atoms with Gasteiger partial charge in [0.05, 0.1) is 18.8 Å². The van der Waals surface area contributed by atoms with E-state index in [0.717, 1.165) is 43.4 Å². The number of ether oxygens (including phenoxy) is 4. The average molecular weight is 560 g/mol. The summed E-state index contributed by atoms with van der Waals surface area (Å²) in [5.41, 5.74) is 6.63. The van der Waals surface area contributed by atoms with Gasteiger partial charge < -0.3 is 30.0 Å². The molecule has 1 aromatic heterocycles. The topological polar surface area (TPSA) is 122 Å². The van der Waals surface area contributed by atoms with Crippen LogP contribution in [-0.2, 0) is 4.74 Å². The van der Waals surface area contributed by atoms with Crippen molar-refractivity contribution in [2.75, 3.05) is 19.5 Å². The van der Waals surface area contributed by atoms with Gasteiger partial charge in [-0.15, -0.1) is 13.2 Å². The number of carbonyl (C=O) groups excluding carboxylic acids is 2. The summed E-state index contributed by atoms with van der Waals surface area (Å²) in [4.78, 5) is 28.7. The number of rotatable bonds is 9. The van der Waals surface area contributed by atoms with E-state index in [9.17, 15) is 22.8 Å². The molecule has 0 radical (unpaired) electrons. The van der Waals surface area contributed by atoms with Crippen molar-refractivity contribution in [3.63, 3.8) is 0 Å². The molecule has 1 aliphatic rings. The van der Waals surface area contributed by atoms with Crippen LogP contribution < -0.4 is 25.3 Å². The summed E-state index contributed by atoms with van der Waals surface area (Å²) < 4.78 is 58.9. The van der Waals surface area contributed by atoms with Crippen molar-refractivity contribution in [3.05, 3.63) is 71.5 Å². The zero-order chi connectivity index (χ0) is 28.9. The molecule has 0 spiro atoms. The Balaban J connectivity index is 1.67. The van der Waals surface area contributed by atoms with Crippen molar-refractivity contribution < 1.29 is 41.7 Å². The molecule has 0 saturated heterocycles. The molecule has 1 fully saturated rings. The van der Waals surface area contributed by atoms with Crippen LogP contribution in [0, 0.1) is 0 Å². The quantitative estimate of drug-likeness (QED) is 0.340. The molecule has 3 N–H and O–H groups in total. The minimum absolute atomic E-state index is 0.0258. The van der Waals surface area contributed by atoms with Gasteiger partial charge >= 0.3 is 6.36 Å². The van der Waals surface area contributed by atoms with E-state index >= 15 is 0 Å². The minimum atomic E-state index is -4.88. The van der Waals surface area contributed by atoms with E-state index in [2.05, 4.69) is 15.0 Å². The highest BCUT2D eigenvalue weighted by Gasteiger charge is 2.31. The number of halogens is 3. The van der Waals surface area contributed by atoms with Crippen molar-refractivity contribution in [1.82, 2.24) is 4.98 Å². The van der Waals surface area contributed by atoms with Crippen molar-refractivity contribution in [3.8, 4) is 23.0 Å². The lowest BCUT2D eigenvalue weighted by atomic mass is 9.82. The molecule has 1 heterocycles. The zero-order valence-electron chi connectivity index (χ0n) is 21.8. The third-order valence-corrected chi connectivity index (χ3v) is 6.59. The molecule has 3 aromatic rings. The van der Waals surface area contributed by atoms with Crippen LogP contribution in [0.1, 0.15) is 58.0 Å². The van der Waals surface area contributed by atoms with Crippen LogP contribution in [-0.4, -0.2) is 43.5 Å². The molecule has 0 bridgehead atoms. The lowest BCUT2D eigenvalue weighted by Gasteiger charge is -2.28. The number of carbonyl (C=O) groups is 2. The number of pyridine rings is 1. The number of alkyl halides is 3. The molecule has 9 nitrogen and oxygen atoms in total. The van der Waals surface area contributed by atoms with Gasteiger partial charge in [0.2, 0.25) is 0 Å². The highest BCUT2D eigenvalue weighted by atomic mass is 19.4. The van der Waals surface area contributed by atoms with E-state index in [4.69, 9.17) is 19.9 Å². The van der Waals surface area contributed by atoms with E-state index in [-0.39, 0.29) is 46.2 Å². The van der Waals surface area contributed by atoms with E-state index < -0.39 is 23.9 Å². The van der Waals surface area contributed by atoms with Gasteiger partial charge in [0, 0.05) is 25.1 Å². The minimum Gasteiger partial charge on any atom is -0.493 e. The number of anilines is 1. The molecule has 1 saturated carbocycles. The number of aromatic nitrogens is 1. The SMILES string of the molecule is COc1cc(OC(F)(F)F)ccc1Oc1cc(C2CCC(OC)CC2)ccc1C(=O)Nc1ccnc(C(N)=O)c1. The van der Waals surface area contributed by atoms with Crippen LogP contribution in [0.5, 0.6) is 23.0 Å². The first-order chi connectivity index (χ1) is 19.1. The lowest BCUT2D eigenvalue weighted by Crippen LogP contribution is -2.19. The maximum atomic E-state index is 13.3. The fourth-order valence-corrected chi connectivity index (χ4v) is 4.59. The number of amides is 2. The second-order valence-electron chi connectivity index (χ2n) is 9.18. The first kappa shape index (κ1) is 28.7. The molecule has 4 rings (SSSR count). The highest BCUT2D eigenvalue weighted by molar-refractivity contribution is 6.06. The highest BCUT2D eigenvalue weighted by Crippen LogP contribution is 2.40. The zero-order valence-corrected chi connectivity index (χ0v) is 21.8. The molecular weight excluding hydrogens is 531 g/mol. The normalized spacial score (nSPS) is 17.1. The average Bonchev–Trinajstić information content (AvgIpc) is 2.93. The second kappa shape index (κ2) is 12.2. The number of primary amides is 1. The summed E-state index contributed by atoms with van der Waals surface area (Å²) >= 11 is 0. The van der Waals surface area contributed by atoms with E-state index in [1.165, 1.54) is 31.5 Å². The van der Waals surface area contributed by atoms with E-state index in [1.54, 1.807) is 19.2 Å². The summed E-state index contributed by atoms with van der Waals surface area (Å²) in [6.07, 6.45) is 0.186. The van der Waals surface area contributed by atoms with Gasteiger partial charge in [0.1, 0.15) is 17.2 Å². The van der Waals surface area contributed by atoms with Crippen molar-refractivity contribution in [2.45, 2.75) is 44.1 Å². The van der Waals surface area contributed by atoms with Crippen LogP contribution in [0.3, 0.4) is 0 Å². The van der Waals surface area contributed by atoms with Crippen LogP contribution in [0.2, 0.25) is 0 Å². The monoisotopic (exact) mass is 559 g/mol. The van der Waals surface area contributed by atoms with E-state index in [0.29, 0.717) is 0 Å². The Bertz CT molecular complexity index is 1370. The number of nitrogens with zero attached hydrogens (tertiary/aromatic N) is 1. The van der Waals surface area contributed by atoms with Crippen LogP contribution in [0.4, 0.5) is 18.9 Å². The number of nitrogens with two attached hydrogens (primary N) is 1. The second-order valence-corrected chi connectivity index (χ2v) is 9.18. The molecule has 40 heavy (non-hydrogen) atoms. The Hall–Kier alpha value is -4.32. The molecule has 212 valence electrons. The fourth-order valence-electron chi connectivity index (χ4n) is 4.59. The third-order valence-electron chi connectivity index (χ3n) is 6.59. The maximum Gasteiger partial charge on any atom is 0.573 e. The van der Waals surface area contributed by atoms with E-state index in [1.807, 2.05) is 6.07 Å². The molecule has 1 aliphatic carbocycles. The maximum absolute atomic E-state index is 13.3. The Labute approximate surface area is 228 Å². The van der Waals surface area contributed by atoms with Gasteiger partial charge in [-0.3, -0.25) is 14.6 Å². The van der Waals surface area contributed by atoms with Gasteiger partial charge in [0.25, 0.3) is 11.8 Å². The summed E-state index contributed by atoms with van der Waals surface area (Å²) in [6, 6.07) is 11.4. The predicted molar refractivity (Wildman–Crippen MR) is 139 cm³/mol. The van der Waals surface area contributed by atoms with Gasteiger partial charge in [-0.1, -0.05) is 6.07 Å². The summed E-state index contributed by atoms with van der Waals surface area (Å²) in [7, 11) is 2.97. The first-order valence-electron chi connectivity index (χ1n) is 12.4. The molecular formula is C28H28F3N3O6. The Kier molecular flexibility index (Phi) is 8.78. The Morgan fingerprint density at radius 3 is 2.35 bits per heavy atom. The fraction of sp³-hybridized carbons (Fsp3) is 0.321. The van der Waals surface area contributed by atoms with Crippen molar-refractivity contribution >= 4 is 17.5 Å². The smallest absolute Gasteiger partial charge is 0.493 e. The van der Waals surface area contributed by atoms with Gasteiger partial charge in [0.15, 0.2) is 11.5 Å². The van der Waals surface area contributed by atoms with Gasteiger partial charge in [-0.05, 0) is 73.6 Å². The molecule has 0 atom stereocenters. The van der Waals surface area contributed by atoms with Gasteiger partial charge in [-0.25, -0.2) is 0 Å². The number of benzene rings is 2. The Morgan fingerprint density at radius 2 is 1.70 bits per heavy atom. The van der Waals surface area contributed by atoms with Crippen molar-refractivity contribution in [1.29, 1.82) is 0 Å². The molecule has 0 aliphatic heterocycles. The van der Waals surface area contributed by atoms with Crippen LogP contribution in [0.25, 0.3) is 0 Å². The molecule has 2 aromatic carbocycles. The summed E-state index contributed by atoms with van der Waals surface area (Å²) in [5, 5.41) is 2.70. The molecule has 0 unspecified atom stereocenters. The number of hydrogen-bond acceptors (Lipinski definition) is 7. The Morgan fingerprint density at radius 1 is 0.950 bits per heavy atom. The number of methoxy groups -OCH3 is 2. The number of hydrogen-bond donors (Lipinski definition) is 2. The standard InChI is InChI=1S/C28H28F3N3O6/c1-37-19-6-3-16(4-7-19)17-5-9-21(27(36)34-18-11-12-33-22(14-18)26(32)35)24(13-17)39-23-10-8-20(15-25(23)38-2)40-28(29,30)31/h5,8-16,19H,3-4,6-7H2,1-2H3,(H2,32,35)(H,33,34,36). The third kappa shape index (κ3) is 7.20. The molecule has 12 heteroatoms. The lowest BCUT2D eigenvalue weighted by molar-refractivity contribution is -0.274. The summed E-state index contributed by atoms with van der Waals surface area (Å²) in [5.74, 6) is -1.38. The van der Waals surface area contributed by atoms with Crippen LogP contribution >= 0.6 is 0 Å². The summed E-state index contributed by atoms with van der Waals surface area (Å²) in [6.45, 7) is 0. The largest absolute Gasteiger partial charge is 0.573 e. The first-order valence-corrected chi connectivity index (χ1v) is 12.4. The predicted octanol–water partition coefficient (Wildman–Crippen LogP) is 5.80. The van der Waals surface area contributed by atoms with Gasteiger partial charge in [-0.2, -0.15) is 0 Å².